The summed E-state index contributed by atoms with van der Waals surface area (Å²) in [6, 6.07) is 15.4. The van der Waals surface area contributed by atoms with Gasteiger partial charge in [0.25, 0.3) is 5.69 Å². The van der Waals surface area contributed by atoms with Crippen LogP contribution in [0.25, 0.3) is 0 Å². The van der Waals surface area contributed by atoms with E-state index in [0.717, 1.165) is 5.69 Å². The fourth-order valence-electron chi connectivity index (χ4n) is 3.21. The number of nitrogens with zero attached hydrogens (tertiary/aromatic N) is 3. The maximum atomic E-state index is 12.9. The van der Waals surface area contributed by atoms with Crippen molar-refractivity contribution in [1.29, 1.82) is 0 Å². The highest BCUT2D eigenvalue weighted by molar-refractivity contribution is 8.01. The van der Waals surface area contributed by atoms with Crippen LogP contribution < -0.4 is 4.31 Å². The number of nitro groups is 1. The number of ether oxygens (including phenoxy) is 1. The molecular formula is C20H17N3O5S. The highest BCUT2D eigenvalue weighted by Crippen LogP contribution is 2.45. The summed E-state index contributed by atoms with van der Waals surface area (Å²) >= 11 is 1.50. The Morgan fingerprint density at radius 2 is 1.90 bits per heavy atom. The summed E-state index contributed by atoms with van der Waals surface area (Å²) in [6.07, 6.45) is 0.362. The number of para-hydroxylation sites is 1. The lowest BCUT2D eigenvalue weighted by Crippen LogP contribution is -2.56. The summed E-state index contributed by atoms with van der Waals surface area (Å²) in [5, 5.41) is 10.6. The van der Waals surface area contributed by atoms with E-state index in [1.54, 1.807) is 6.92 Å². The van der Waals surface area contributed by atoms with E-state index in [-0.39, 0.29) is 29.3 Å². The van der Waals surface area contributed by atoms with Gasteiger partial charge in [-0.2, -0.15) is 0 Å². The zero-order valence-corrected chi connectivity index (χ0v) is 16.3. The number of rotatable bonds is 5. The molecule has 0 N–H and O–H groups in total. The molecular weight excluding hydrogens is 394 g/mol. The summed E-state index contributed by atoms with van der Waals surface area (Å²) < 4.78 is 7.37. The first-order valence-corrected chi connectivity index (χ1v) is 9.74. The maximum Gasteiger partial charge on any atom is 0.357 e. The van der Waals surface area contributed by atoms with Gasteiger partial charge >= 0.3 is 5.97 Å². The minimum atomic E-state index is -0.597. The first-order chi connectivity index (χ1) is 14.0. The zero-order chi connectivity index (χ0) is 20.5. The fourth-order valence-corrected chi connectivity index (χ4v) is 4.47. The number of carbonyl (C=O) groups is 2. The normalized spacial score (nSPS) is 18.2. The number of hydrogen-bond acceptors (Lipinski definition) is 7. The molecule has 1 atom stereocenters. The van der Waals surface area contributed by atoms with Crippen molar-refractivity contribution in [3.05, 3.63) is 81.7 Å². The molecule has 0 radical (unpaired) electrons. The maximum absolute atomic E-state index is 12.9. The van der Waals surface area contributed by atoms with Crippen molar-refractivity contribution in [2.24, 2.45) is 0 Å². The van der Waals surface area contributed by atoms with Crippen LogP contribution in [0.1, 0.15) is 18.9 Å². The van der Waals surface area contributed by atoms with Gasteiger partial charge in [-0.05, 0) is 48.7 Å². The summed E-state index contributed by atoms with van der Waals surface area (Å²) in [5.41, 5.74) is 2.36. The highest BCUT2D eigenvalue weighted by atomic mass is 32.2. The van der Waals surface area contributed by atoms with Crippen LogP contribution in [-0.2, 0) is 20.9 Å². The number of non-ortho nitro benzene ring substituents is 1. The van der Waals surface area contributed by atoms with Crippen molar-refractivity contribution >= 4 is 35.2 Å². The Bertz CT molecular complexity index is 1010. The van der Waals surface area contributed by atoms with Gasteiger partial charge in [-0.1, -0.05) is 18.2 Å². The summed E-state index contributed by atoms with van der Waals surface area (Å²) in [6.45, 7) is 1.74. The van der Waals surface area contributed by atoms with E-state index in [1.165, 1.54) is 41.1 Å². The van der Waals surface area contributed by atoms with Crippen LogP contribution in [0.3, 0.4) is 0 Å². The van der Waals surface area contributed by atoms with Crippen LogP contribution in [0.4, 0.5) is 11.4 Å². The molecule has 0 bridgehead atoms. The summed E-state index contributed by atoms with van der Waals surface area (Å²) in [5.74, 6) is -0.711. The molecule has 0 aromatic heterocycles. The van der Waals surface area contributed by atoms with Crippen molar-refractivity contribution in [1.82, 2.24) is 4.90 Å². The number of hydrogen-bond donors (Lipinski definition) is 0. The van der Waals surface area contributed by atoms with Gasteiger partial charge in [0.05, 0.1) is 22.7 Å². The number of allylic oxidation sites excluding steroid dienone is 1. The number of amides is 1. The van der Waals surface area contributed by atoms with Crippen LogP contribution in [0.2, 0.25) is 0 Å². The molecule has 1 fully saturated rings. The van der Waals surface area contributed by atoms with Gasteiger partial charge in [-0.3, -0.25) is 24.1 Å². The molecule has 9 heteroatoms. The van der Waals surface area contributed by atoms with Crippen LogP contribution in [0.15, 0.2) is 66.0 Å². The Kier molecular flexibility index (Phi) is 4.98. The molecule has 2 aliphatic rings. The largest absolute Gasteiger partial charge is 0.456 e. The third-order valence-corrected chi connectivity index (χ3v) is 6.04. The smallest absolute Gasteiger partial charge is 0.357 e. The second kappa shape index (κ2) is 7.59. The van der Waals surface area contributed by atoms with Crippen molar-refractivity contribution in [3.8, 4) is 0 Å². The quantitative estimate of drug-likeness (QED) is 0.244. The number of benzene rings is 2. The van der Waals surface area contributed by atoms with Gasteiger partial charge < -0.3 is 4.74 Å². The van der Waals surface area contributed by atoms with Crippen LogP contribution in [-0.4, -0.2) is 27.1 Å². The number of carbonyl (C=O) groups excluding carboxylic acids is 2. The number of nitro benzene ring substituents is 1. The van der Waals surface area contributed by atoms with Gasteiger partial charge in [0.1, 0.15) is 12.0 Å². The van der Waals surface area contributed by atoms with Gasteiger partial charge in [-0.15, -0.1) is 0 Å². The highest BCUT2D eigenvalue weighted by Gasteiger charge is 2.48. The summed E-state index contributed by atoms with van der Waals surface area (Å²) in [4.78, 5) is 36.7. The second-order valence-corrected chi connectivity index (χ2v) is 7.71. The van der Waals surface area contributed by atoms with E-state index in [2.05, 4.69) is 0 Å². The minimum Gasteiger partial charge on any atom is -0.456 e. The van der Waals surface area contributed by atoms with E-state index >= 15 is 0 Å². The number of β-lactam (4-membered cyclic amide) rings is 1. The number of fused-ring (bicyclic) bond motifs is 1. The lowest BCUT2D eigenvalue weighted by Gasteiger charge is -2.47. The molecule has 1 unspecified atom stereocenters. The molecule has 2 aromatic rings. The summed E-state index contributed by atoms with van der Waals surface area (Å²) in [7, 11) is 0. The Morgan fingerprint density at radius 3 is 2.52 bits per heavy atom. The van der Waals surface area contributed by atoms with Crippen molar-refractivity contribution in [2.45, 2.75) is 25.3 Å². The van der Waals surface area contributed by atoms with Gasteiger partial charge in [0.15, 0.2) is 5.70 Å². The Morgan fingerprint density at radius 1 is 1.21 bits per heavy atom. The molecule has 148 valence electrons. The van der Waals surface area contributed by atoms with Gasteiger partial charge in [-0.25, -0.2) is 4.79 Å². The van der Waals surface area contributed by atoms with Crippen molar-refractivity contribution in [3.63, 3.8) is 0 Å². The molecule has 29 heavy (non-hydrogen) atoms. The molecule has 2 aliphatic heterocycles. The molecule has 4 rings (SSSR count). The molecule has 1 saturated heterocycles. The van der Waals surface area contributed by atoms with E-state index in [1.807, 2.05) is 34.6 Å². The number of esters is 1. The molecule has 0 saturated carbocycles. The van der Waals surface area contributed by atoms with Crippen LogP contribution >= 0.6 is 11.9 Å². The van der Waals surface area contributed by atoms with E-state index in [4.69, 9.17) is 4.74 Å². The van der Waals surface area contributed by atoms with Gasteiger partial charge in [0, 0.05) is 12.1 Å². The molecule has 0 aliphatic carbocycles. The second-order valence-electron chi connectivity index (χ2n) is 6.59. The fraction of sp³-hybridized carbons (Fsp3) is 0.200. The first kappa shape index (κ1) is 19.0. The molecule has 0 spiro atoms. The van der Waals surface area contributed by atoms with E-state index in [0.29, 0.717) is 17.7 Å². The predicted octanol–water partition coefficient (Wildman–Crippen LogP) is 3.60. The predicted molar refractivity (Wildman–Crippen MR) is 107 cm³/mol. The first-order valence-electron chi connectivity index (χ1n) is 8.91. The zero-order valence-electron chi connectivity index (χ0n) is 15.5. The lowest BCUT2D eigenvalue weighted by molar-refractivity contribution is -0.384. The topological polar surface area (TPSA) is 93.0 Å². The van der Waals surface area contributed by atoms with Crippen LogP contribution in [0, 0.1) is 10.1 Å². The molecule has 2 heterocycles. The van der Waals surface area contributed by atoms with Crippen molar-refractivity contribution < 1.29 is 19.2 Å². The molecule has 8 nitrogen and oxygen atoms in total. The van der Waals surface area contributed by atoms with Gasteiger partial charge in [0.2, 0.25) is 5.91 Å². The Hall–Kier alpha value is -3.33. The van der Waals surface area contributed by atoms with Crippen molar-refractivity contribution in [2.75, 3.05) is 4.31 Å². The average molecular weight is 411 g/mol. The SMILES string of the molecule is CC1=C(C(=O)OCc2ccc([N+](=O)[O-])cc2)N2C(=O)CC2SN1c1ccccc1. The monoisotopic (exact) mass is 411 g/mol. The minimum absolute atomic E-state index is 0.0320. The van der Waals surface area contributed by atoms with Crippen LogP contribution in [0.5, 0.6) is 0 Å². The Balaban J connectivity index is 1.56. The van der Waals surface area contributed by atoms with E-state index < -0.39 is 10.9 Å². The molecule has 2 aromatic carbocycles. The number of anilines is 1. The average Bonchev–Trinajstić information content (AvgIpc) is 2.73. The standard InChI is InChI=1S/C20H17N3O5S/c1-13-19(20(25)28-12-14-7-9-16(10-8-14)23(26)27)21-17(24)11-18(21)29-22(13)15-5-3-2-4-6-15/h2-10,18H,11-12H2,1H3. The van der Waals surface area contributed by atoms with E-state index in [9.17, 15) is 19.7 Å². The third kappa shape index (κ3) is 3.56. The third-order valence-electron chi connectivity index (χ3n) is 4.72. The molecule has 1 amide bonds. The lowest BCUT2D eigenvalue weighted by atomic mass is 10.1. The Labute approximate surface area is 171 Å².